The van der Waals surface area contributed by atoms with E-state index in [1.165, 1.54) is 114 Å². The van der Waals surface area contributed by atoms with Gasteiger partial charge in [0.25, 0.3) is 0 Å². The van der Waals surface area contributed by atoms with Crippen molar-refractivity contribution < 1.29 is 37.4 Å². The van der Waals surface area contributed by atoms with E-state index in [4.69, 9.17) is 30.7 Å². The van der Waals surface area contributed by atoms with Gasteiger partial charge in [-0.1, -0.05) is 183 Å². The summed E-state index contributed by atoms with van der Waals surface area (Å²) in [5.41, 5.74) is 4.96. The number of hydrogen-bond acceptors (Lipinski definition) is 11. The smallest absolute Gasteiger partial charge is 0.459 e. The van der Waals surface area contributed by atoms with Crippen LogP contribution in [0.4, 0.5) is 10.2 Å². The molecule has 0 unspecified atom stereocenters. The fourth-order valence-corrected chi connectivity index (χ4v) is 9.61. The summed E-state index contributed by atoms with van der Waals surface area (Å²) in [5, 5.41) is 14.1. The molecule has 0 aliphatic carbocycles. The molecule has 1 aliphatic rings. The van der Waals surface area contributed by atoms with Gasteiger partial charge >= 0.3 is 19.8 Å². The van der Waals surface area contributed by atoms with E-state index in [-0.39, 0.29) is 42.2 Å². The lowest BCUT2D eigenvalue weighted by Gasteiger charge is -2.30. The highest BCUT2D eigenvalue weighted by atomic mass is 31.2. The molecular formula is C49H70FN6O7P. The number of rotatable bonds is 32. The van der Waals surface area contributed by atoms with E-state index in [1.807, 2.05) is 30.3 Å². The molecule has 64 heavy (non-hydrogen) atoms. The maximum absolute atomic E-state index is 14.8. The molecule has 0 spiro atoms. The van der Waals surface area contributed by atoms with Crippen LogP contribution in [-0.4, -0.2) is 61.6 Å². The van der Waals surface area contributed by atoms with Crippen LogP contribution in [0.2, 0.25) is 0 Å². The number of fused-ring (bicyclic) bond motifs is 1. The Morgan fingerprint density at radius 1 is 0.906 bits per heavy atom. The van der Waals surface area contributed by atoms with E-state index in [0.29, 0.717) is 6.42 Å². The number of terminal acetylenes is 1. The number of nitrogen functional groups attached to an aromatic ring is 1. The third-order valence-electron chi connectivity index (χ3n) is 11.8. The lowest BCUT2D eigenvalue weighted by Crippen LogP contribution is -2.44. The summed E-state index contributed by atoms with van der Waals surface area (Å²) >= 11 is 0. The van der Waals surface area contributed by atoms with Crippen LogP contribution >= 0.6 is 7.75 Å². The molecule has 2 aromatic heterocycles. The Morgan fingerprint density at radius 3 is 2.02 bits per heavy atom. The van der Waals surface area contributed by atoms with Gasteiger partial charge in [-0.2, -0.15) is 19.4 Å². The lowest BCUT2D eigenvalue weighted by molar-refractivity contribution is -0.146. The van der Waals surface area contributed by atoms with E-state index in [2.05, 4.69) is 32.9 Å². The summed E-state index contributed by atoms with van der Waals surface area (Å²) in [6, 6.07) is 16.4. The van der Waals surface area contributed by atoms with E-state index >= 15 is 0 Å². The van der Waals surface area contributed by atoms with Crippen LogP contribution in [0, 0.1) is 18.4 Å². The van der Waals surface area contributed by atoms with Crippen LogP contribution in [0.25, 0.3) is 11.2 Å². The zero-order chi connectivity index (χ0) is 45.5. The minimum atomic E-state index is -4.48. The molecule has 0 bridgehead atoms. The van der Waals surface area contributed by atoms with Crippen LogP contribution in [0.15, 0.2) is 67.0 Å². The first-order valence-electron chi connectivity index (χ1n) is 23.6. The summed E-state index contributed by atoms with van der Waals surface area (Å²) in [5.74, 6) is 1.87. The molecule has 15 heteroatoms. The van der Waals surface area contributed by atoms with Gasteiger partial charge in [-0.3, -0.25) is 13.9 Å². The van der Waals surface area contributed by atoms with Gasteiger partial charge in [-0.25, -0.2) is 9.55 Å². The van der Waals surface area contributed by atoms with Crippen LogP contribution in [0.1, 0.15) is 154 Å². The molecule has 0 amide bonds. The number of nitrogens with two attached hydrogens (primary N) is 1. The van der Waals surface area contributed by atoms with Crippen molar-refractivity contribution in [3.05, 3.63) is 78.6 Å². The fraction of sp³-hybridized carbons (Fsp3) is 0.592. The molecule has 4 aromatic rings. The molecule has 1 fully saturated rings. The van der Waals surface area contributed by atoms with Crippen LogP contribution in [0.3, 0.4) is 0 Å². The van der Waals surface area contributed by atoms with Gasteiger partial charge in [0.1, 0.15) is 30.7 Å². The van der Waals surface area contributed by atoms with Crippen molar-refractivity contribution in [3.8, 4) is 18.1 Å². The van der Waals surface area contributed by atoms with Gasteiger partial charge in [-0.05, 0) is 30.5 Å². The number of aromatic nitrogens is 4. The molecule has 3 heterocycles. The predicted molar refractivity (Wildman–Crippen MR) is 249 cm³/mol. The molecule has 0 radical (unpaired) electrons. The highest BCUT2D eigenvalue weighted by Gasteiger charge is 2.50. The molecule has 350 valence electrons. The Kier molecular flexibility index (Phi) is 21.5. The van der Waals surface area contributed by atoms with Crippen molar-refractivity contribution in [2.45, 2.75) is 172 Å². The number of unbranched alkanes of at least 4 members (excludes halogenated alkanes) is 19. The third-order valence-corrected chi connectivity index (χ3v) is 13.4. The van der Waals surface area contributed by atoms with Crippen molar-refractivity contribution in [2.24, 2.45) is 0 Å². The Morgan fingerprint density at radius 2 is 1.45 bits per heavy atom. The SMILES string of the molecule is C#C[C@]1(CO[P@@](=O)(N[C@@H](Cc2ccccc2)C(=O)OCCCCCCCCCCCCCCCCCCCCCC)Oc2ccccc2)O[C@@H](n2cnc3c(N)nc(F)nc32)C[C@@H]1O. The summed E-state index contributed by atoms with van der Waals surface area (Å²) in [6.07, 6.45) is 29.5. The average molecular weight is 905 g/mol. The molecule has 0 saturated carbocycles. The second kappa shape index (κ2) is 27.2. The third kappa shape index (κ3) is 16.2. The number of aliphatic hydroxyl groups excluding tert-OH is 1. The number of para-hydroxylation sites is 1. The van der Waals surface area contributed by atoms with Crippen LogP contribution in [0.5, 0.6) is 5.75 Å². The van der Waals surface area contributed by atoms with Gasteiger partial charge in [0.15, 0.2) is 22.6 Å². The summed E-state index contributed by atoms with van der Waals surface area (Å²) in [6.45, 7) is 1.86. The quantitative estimate of drug-likeness (QED) is 0.0139. The number of hydrogen-bond donors (Lipinski definition) is 3. The number of ether oxygens (including phenoxy) is 2. The van der Waals surface area contributed by atoms with E-state index < -0.39 is 50.4 Å². The molecule has 2 aromatic carbocycles. The zero-order valence-electron chi connectivity index (χ0n) is 37.7. The number of carbonyl (C=O) groups is 1. The van der Waals surface area contributed by atoms with Gasteiger partial charge < -0.3 is 24.8 Å². The second-order valence-electron chi connectivity index (χ2n) is 17.0. The van der Waals surface area contributed by atoms with Gasteiger partial charge in [0, 0.05) is 6.42 Å². The number of esters is 1. The summed E-state index contributed by atoms with van der Waals surface area (Å²) in [4.78, 5) is 25.3. The molecule has 13 nitrogen and oxygen atoms in total. The maximum Gasteiger partial charge on any atom is 0.459 e. The van der Waals surface area contributed by atoms with Crippen molar-refractivity contribution in [3.63, 3.8) is 0 Å². The molecule has 5 atom stereocenters. The van der Waals surface area contributed by atoms with Crippen LogP contribution < -0.4 is 15.3 Å². The number of imidazole rings is 1. The van der Waals surface area contributed by atoms with Crippen molar-refractivity contribution in [1.29, 1.82) is 0 Å². The number of anilines is 1. The van der Waals surface area contributed by atoms with Crippen molar-refractivity contribution in [1.82, 2.24) is 24.6 Å². The summed E-state index contributed by atoms with van der Waals surface area (Å²) < 4.78 is 54.2. The van der Waals surface area contributed by atoms with Gasteiger partial charge in [0.2, 0.25) is 0 Å². The molecule has 1 aliphatic heterocycles. The topological polar surface area (TPSA) is 173 Å². The Hall–Kier alpha value is -4.38. The summed E-state index contributed by atoms with van der Waals surface area (Å²) in [7, 11) is -4.48. The lowest BCUT2D eigenvalue weighted by atomic mass is 9.99. The minimum Gasteiger partial charge on any atom is -0.465 e. The molecular weight excluding hydrogens is 835 g/mol. The van der Waals surface area contributed by atoms with E-state index in [0.717, 1.165) is 24.8 Å². The first-order valence-corrected chi connectivity index (χ1v) is 25.2. The average Bonchev–Trinajstić information content (AvgIpc) is 3.87. The van der Waals surface area contributed by atoms with E-state index in [1.54, 1.807) is 30.3 Å². The van der Waals surface area contributed by atoms with Gasteiger partial charge in [-0.15, -0.1) is 6.42 Å². The first-order chi connectivity index (χ1) is 31.1. The standard InChI is InChI=1S/C49H70FN6O7P/c1-3-5-6-7-8-9-10-11-12-13-14-15-16-17-18-19-20-21-22-29-34-60-47(58)41(35-39-30-25-23-26-31-39)55-64(59,63-40-32-27-24-28-33-40)61-37-49(4-2)42(57)36-43(62-49)56-38-52-44-45(51)53-48(50)54-46(44)56/h2,23-28,30-33,38,41-43,57H,3,5-22,29,34-37H2,1H3,(H,55,59)(H2,51,53,54)/t41-,42-,43+,49+,64-/m0/s1. The van der Waals surface area contributed by atoms with Crippen LogP contribution in [-0.2, 0) is 29.8 Å². The zero-order valence-corrected chi connectivity index (χ0v) is 38.6. The molecule has 4 N–H and O–H groups in total. The molecule has 5 rings (SSSR count). The number of benzene rings is 2. The highest BCUT2D eigenvalue weighted by molar-refractivity contribution is 7.52. The predicted octanol–water partition coefficient (Wildman–Crippen LogP) is 11.0. The Labute approximate surface area is 379 Å². The second-order valence-corrected chi connectivity index (χ2v) is 18.7. The van der Waals surface area contributed by atoms with Crippen molar-refractivity contribution >= 4 is 30.7 Å². The molecule has 1 saturated heterocycles. The fourth-order valence-electron chi connectivity index (χ4n) is 8.09. The number of nitrogens with one attached hydrogen (secondary N) is 1. The van der Waals surface area contributed by atoms with Crippen molar-refractivity contribution in [2.75, 3.05) is 18.9 Å². The largest absolute Gasteiger partial charge is 0.465 e. The normalized spacial score (nSPS) is 18.7. The number of aliphatic hydroxyl groups is 1. The number of nitrogens with zero attached hydrogens (tertiary/aromatic N) is 4. The number of halogens is 1. The Bertz CT molecular complexity index is 2050. The highest BCUT2D eigenvalue weighted by Crippen LogP contribution is 2.48. The Balaban J connectivity index is 1.08. The minimum absolute atomic E-state index is 0.0355. The maximum atomic E-state index is 14.8. The van der Waals surface area contributed by atoms with Gasteiger partial charge in [0.05, 0.1) is 12.9 Å². The monoisotopic (exact) mass is 905 g/mol. The first kappa shape index (κ1) is 50.6. The number of carbonyl (C=O) groups excluding carboxylic acids is 1. The van der Waals surface area contributed by atoms with E-state index in [9.17, 15) is 18.9 Å².